The van der Waals surface area contributed by atoms with Crippen molar-refractivity contribution in [2.45, 2.75) is 6.54 Å². The highest BCUT2D eigenvalue weighted by molar-refractivity contribution is 5.96. The molecule has 2 aromatic carbocycles. The van der Waals surface area contributed by atoms with Gasteiger partial charge >= 0.3 is 0 Å². The maximum absolute atomic E-state index is 12.3. The summed E-state index contributed by atoms with van der Waals surface area (Å²) in [4.78, 5) is 36.3. The number of non-ortho nitro benzene ring substituents is 1. The van der Waals surface area contributed by atoms with Crippen LogP contribution in [0.15, 0.2) is 54.7 Å². The Hall–Kier alpha value is -3.68. The van der Waals surface area contributed by atoms with Crippen LogP contribution in [0.5, 0.6) is 0 Å². The van der Waals surface area contributed by atoms with E-state index in [-0.39, 0.29) is 24.0 Å². The number of carbonyl (C=O) groups is 2. The summed E-state index contributed by atoms with van der Waals surface area (Å²) in [6.45, 7) is 0.0169. The molecule has 3 aromatic rings. The Kier molecular flexibility index (Phi) is 4.89. The van der Waals surface area contributed by atoms with E-state index >= 15 is 0 Å². The summed E-state index contributed by atoms with van der Waals surface area (Å²) < 4.78 is 1.65. The molecule has 3 rings (SSSR count). The number of rotatable bonds is 5. The highest BCUT2D eigenvalue weighted by atomic mass is 16.6. The Balaban J connectivity index is 1.73. The number of nitrogens with one attached hydrogen (secondary N) is 1. The van der Waals surface area contributed by atoms with E-state index in [0.29, 0.717) is 22.2 Å². The third-order valence-corrected chi connectivity index (χ3v) is 4.12. The molecule has 1 N–H and O–H groups in total. The van der Waals surface area contributed by atoms with Gasteiger partial charge < -0.3 is 14.8 Å². The van der Waals surface area contributed by atoms with Gasteiger partial charge in [-0.2, -0.15) is 0 Å². The molecule has 0 bridgehead atoms. The van der Waals surface area contributed by atoms with Crippen molar-refractivity contribution in [2.75, 3.05) is 19.4 Å². The predicted octanol–water partition coefficient (Wildman–Crippen LogP) is 2.89. The average Bonchev–Trinajstić information content (AvgIpc) is 3.04. The first-order valence-corrected chi connectivity index (χ1v) is 8.20. The van der Waals surface area contributed by atoms with E-state index < -0.39 is 4.92 Å². The van der Waals surface area contributed by atoms with Gasteiger partial charge in [0, 0.05) is 37.6 Å². The van der Waals surface area contributed by atoms with Gasteiger partial charge in [0.15, 0.2) is 0 Å². The second-order valence-corrected chi connectivity index (χ2v) is 6.24. The number of hydrogen-bond acceptors (Lipinski definition) is 4. The minimum absolute atomic E-state index is 0.00723. The van der Waals surface area contributed by atoms with Crippen LogP contribution in [0.2, 0.25) is 0 Å². The molecule has 138 valence electrons. The number of hydrogen-bond donors (Lipinski definition) is 1. The van der Waals surface area contributed by atoms with Crippen molar-refractivity contribution in [2.24, 2.45) is 0 Å². The number of nitrogens with zero attached hydrogens (tertiary/aromatic N) is 3. The minimum atomic E-state index is -0.441. The Morgan fingerprint density at radius 2 is 1.81 bits per heavy atom. The zero-order valence-electron chi connectivity index (χ0n) is 14.9. The first-order valence-electron chi connectivity index (χ1n) is 8.20. The smallest absolute Gasteiger partial charge is 0.278 e. The second-order valence-electron chi connectivity index (χ2n) is 6.24. The number of carbonyl (C=O) groups excluding carboxylic acids is 2. The molecular weight excluding hydrogens is 348 g/mol. The summed E-state index contributed by atoms with van der Waals surface area (Å²) in [5, 5.41) is 14.3. The highest BCUT2D eigenvalue weighted by Crippen LogP contribution is 2.26. The fourth-order valence-electron chi connectivity index (χ4n) is 2.81. The summed E-state index contributed by atoms with van der Waals surface area (Å²) >= 11 is 0. The van der Waals surface area contributed by atoms with E-state index in [0.717, 1.165) is 0 Å². The van der Waals surface area contributed by atoms with Crippen LogP contribution in [0, 0.1) is 10.1 Å². The summed E-state index contributed by atoms with van der Waals surface area (Å²) in [5.41, 5.74) is 1.72. The van der Waals surface area contributed by atoms with E-state index in [1.54, 1.807) is 67.3 Å². The number of anilines is 1. The van der Waals surface area contributed by atoms with Gasteiger partial charge in [0.05, 0.1) is 15.8 Å². The van der Waals surface area contributed by atoms with Gasteiger partial charge in [-0.25, -0.2) is 0 Å². The fourth-order valence-corrected chi connectivity index (χ4v) is 2.81. The fraction of sp³-hybridized carbons (Fsp3) is 0.158. The van der Waals surface area contributed by atoms with Gasteiger partial charge in [-0.05, 0) is 36.4 Å². The SMILES string of the molecule is CN(C)C(=O)c1ccc(NC(=O)Cn2ccc3c([N+](=O)[O-])cccc32)cc1. The maximum atomic E-state index is 12.3. The van der Waals surface area contributed by atoms with Crippen molar-refractivity contribution in [3.63, 3.8) is 0 Å². The molecule has 2 amide bonds. The average molecular weight is 366 g/mol. The quantitative estimate of drug-likeness (QED) is 0.554. The third kappa shape index (κ3) is 3.79. The Labute approximate surface area is 155 Å². The topological polar surface area (TPSA) is 97.5 Å². The Bertz CT molecular complexity index is 1020. The van der Waals surface area contributed by atoms with Crippen molar-refractivity contribution in [1.82, 2.24) is 9.47 Å². The lowest BCUT2D eigenvalue weighted by Crippen LogP contribution is -2.21. The van der Waals surface area contributed by atoms with Crippen LogP contribution < -0.4 is 5.32 Å². The molecule has 0 fully saturated rings. The van der Waals surface area contributed by atoms with Crippen LogP contribution in [-0.2, 0) is 11.3 Å². The molecule has 1 aromatic heterocycles. The van der Waals surface area contributed by atoms with Gasteiger partial charge in [-0.15, -0.1) is 0 Å². The second kappa shape index (κ2) is 7.28. The molecule has 0 aliphatic heterocycles. The van der Waals surface area contributed by atoms with Crippen molar-refractivity contribution in [3.8, 4) is 0 Å². The van der Waals surface area contributed by atoms with E-state index in [1.807, 2.05) is 0 Å². The molecule has 0 aliphatic carbocycles. The van der Waals surface area contributed by atoms with Crippen molar-refractivity contribution in [3.05, 3.63) is 70.4 Å². The van der Waals surface area contributed by atoms with Crippen LogP contribution in [-0.4, -0.2) is 40.3 Å². The molecular formula is C19H18N4O4. The standard InChI is InChI=1S/C19H18N4O4/c1-21(2)19(25)13-6-8-14(9-7-13)20-18(24)12-22-11-10-15-16(22)4-3-5-17(15)23(26)27/h3-11H,12H2,1-2H3,(H,20,24). The van der Waals surface area contributed by atoms with Gasteiger partial charge in [0.25, 0.3) is 11.6 Å². The summed E-state index contributed by atoms with van der Waals surface area (Å²) in [7, 11) is 3.34. The van der Waals surface area contributed by atoms with Crippen LogP contribution in [0.1, 0.15) is 10.4 Å². The van der Waals surface area contributed by atoms with Crippen molar-refractivity contribution >= 4 is 34.1 Å². The largest absolute Gasteiger partial charge is 0.345 e. The maximum Gasteiger partial charge on any atom is 0.278 e. The van der Waals surface area contributed by atoms with Crippen LogP contribution in [0.25, 0.3) is 10.9 Å². The number of nitro groups is 1. The molecule has 1 heterocycles. The number of amides is 2. The molecule has 0 radical (unpaired) electrons. The third-order valence-electron chi connectivity index (χ3n) is 4.12. The summed E-state index contributed by atoms with van der Waals surface area (Å²) in [5.74, 6) is -0.390. The lowest BCUT2D eigenvalue weighted by Gasteiger charge is -2.11. The lowest BCUT2D eigenvalue weighted by atomic mass is 10.2. The Morgan fingerprint density at radius 1 is 1.11 bits per heavy atom. The van der Waals surface area contributed by atoms with Gasteiger partial charge in [0.1, 0.15) is 6.54 Å². The first-order chi connectivity index (χ1) is 12.9. The summed E-state index contributed by atoms with van der Waals surface area (Å²) in [6.07, 6.45) is 1.65. The van der Waals surface area contributed by atoms with E-state index in [9.17, 15) is 19.7 Å². The van der Waals surface area contributed by atoms with Gasteiger partial charge in [-0.1, -0.05) is 6.07 Å². The van der Waals surface area contributed by atoms with E-state index in [2.05, 4.69) is 5.32 Å². The van der Waals surface area contributed by atoms with E-state index in [1.165, 1.54) is 11.0 Å². The van der Waals surface area contributed by atoms with Crippen LogP contribution in [0.4, 0.5) is 11.4 Å². The lowest BCUT2D eigenvalue weighted by molar-refractivity contribution is -0.383. The van der Waals surface area contributed by atoms with Crippen molar-refractivity contribution in [1.29, 1.82) is 0 Å². The predicted molar refractivity (Wildman–Crippen MR) is 102 cm³/mol. The van der Waals surface area contributed by atoms with Gasteiger partial charge in [-0.3, -0.25) is 19.7 Å². The zero-order chi connectivity index (χ0) is 19.6. The number of fused-ring (bicyclic) bond motifs is 1. The molecule has 8 nitrogen and oxygen atoms in total. The van der Waals surface area contributed by atoms with E-state index in [4.69, 9.17) is 0 Å². The van der Waals surface area contributed by atoms with Gasteiger partial charge in [0.2, 0.25) is 5.91 Å². The molecule has 0 saturated heterocycles. The summed E-state index contributed by atoms with van der Waals surface area (Å²) in [6, 6.07) is 13.0. The van der Waals surface area contributed by atoms with Crippen molar-refractivity contribution < 1.29 is 14.5 Å². The zero-order valence-corrected chi connectivity index (χ0v) is 14.9. The minimum Gasteiger partial charge on any atom is -0.345 e. The molecule has 0 spiro atoms. The molecule has 0 aliphatic rings. The Morgan fingerprint density at radius 3 is 2.44 bits per heavy atom. The molecule has 0 atom stereocenters. The first kappa shape index (κ1) is 18.1. The molecule has 27 heavy (non-hydrogen) atoms. The molecule has 0 saturated carbocycles. The molecule has 8 heteroatoms. The van der Waals surface area contributed by atoms with Crippen LogP contribution >= 0.6 is 0 Å². The molecule has 0 unspecified atom stereocenters. The normalized spacial score (nSPS) is 10.6. The van der Waals surface area contributed by atoms with Crippen LogP contribution in [0.3, 0.4) is 0 Å². The number of nitro benzene ring substituents is 1. The highest BCUT2D eigenvalue weighted by Gasteiger charge is 2.15. The number of benzene rings is 2. The number of aromatic nitrogens is 1. The monoisotopic (exact) mass is 366 g/mol.